The maximum atomic E-state index is 13.6. The van der Waals surface area contributed by atoms with Crippen LogP contribution in [0, 0.1) is 11.7 Å². The number of hydrogen-bond acceptors (Lipinski definition) is 1. The molecular formula is C17H25BrFN. The van der Waals surface area contributed by atoms with E-state index in [4.69, 9.17) is 0 Å². The van der Waals surface area contributed by atoms with Gasteiger partial charge in [-0.25, -0.2) is 4.39 Å². The lowest BCUT2D eigenvalue weighted by molar-refractivity contribution is 0.293. The molecule has 1 nitrogen and oxygen atoms in total. The molecule has 1 aliphatic carbocycles. The molecule has 2 rings (SSSR count). The van der Waals surface area contributed by atoms with E-state index in [1.807, 2.05) is 13.1 Å². The largest absolute Gasteiger partial charge is 0.316 e. The van der Waals surface area contributed by atoms with Crippen molar-refractivity contribution in [2.75, 3.05) is 7.05 Å². The third kappa shape index (κ3) is 4.29. The number of benzene rings is 1. The Morgan fingerprint density at radius 2 is 1.85 bits per heavy atom. The highest BCUT2D eigenvalue weighted by Gasteiger charge is 2.22. The fourth-order valence-corrected chi connectivity index (χ4v) is 3.76. The first-order chi connectivity index (χ1) is 9.72. The lowest BCUT2D eigenvalue weighted by atomic mass is 9.83. The molecule has 3 heteroatoms. The molecular weight excluding hydrogens is 317 g/mol. The predicted octanol–water partition coefficient (Wildman–Crippen LogP) is 5.08. The number of nitrogens with one attached hydrogen (secondary N) is 1. The van der Waals surface area contributed by atoms with Crippen LogP contribution in [0.1, 0.15) is 50.5 Å². The second kappa shape index (κ2) is 8.14. The minimum absolute atomic E-state index is 0.157. The van der Waals surface area contributed by atoms with E-state index in [9.17, 15) is 4.39 Å². The van der Waals surface area contributed by atoms with Crippen molar-refractivity contribution in [3.8, 4) is 0 Å². The first-order valence-electron chi connectivity index (χ1n) is 7.82. The summed E-state index contributed by atoms with van der Waals surface area (Å²) in [5.74, 6) is 0.561. The van der Waals surface area contributed by atoms with Crippen LogP contribution in [0.3, 0.4) is 0 Å². The topological polar surface area (TPSA) is 12.0 Å². The van der Waals surface area contributed by atoms with E-state index in [0.29, 0.717) is 10.5 Å². The standard InChI is InChI=1S/C17H25BrFN/c1-20-16(13-8-5-3-2-4-6-9-13)12-14-10-7-11-15(19)17(14)18/h7,10-11,13,16,20H,2-6,8-9,12H2,1H3. The Balaban J connectivity index is 2.05. The monoisotopic (exact) mass is 341 g/mol. The summed E-state index contributed by atoms with van der Waals surface area (Å²) in [5.41, 5.74) is 1.08. The maximum absolute atomic E-state index is 13.6. The molecule has 1 aromatic carbocycles. The van der Waals surface area contributed by atoms with Gasteiger partial charge >= 0.3 is 0 Å². The molecule has 1 aliphatic rings. The number of hydrogen-bond donors (Lipinski definition) is 1. The molecule has 0 amide bonds. The van der Waals surface area contributed by atoms with Crippen LogP contribution in [0.5, 0.6) is 0 Å². The van der Waals surface area contributed by atoms with Gasteiger partial charge in [-0.3, -0.25) is 0 Å². The Labute approximate surface area is 130 Å². The quantitative estimate of drug-likeness (QED) is 0.805. The van der Waals surface area contributed by atoms with Crippen molar-refractivity contribution >= 4 is 15.9 Å². The summed E-state index contributed by atoms with van der Waals surface area (Å²) >= 11 is 3.39. The van der Waals surface area contributed by atoms with Crippen molar-refractivity contribution < 1.29 is 4.39 Å². The molecule has 1 N–H and O–H groups in total. The van der Waals surface area contributed by atoms with Gasteiger partial charge < -0.3 is 5.32 Å². The SMILES string of the molecule is CNC(Cc1cccc(F)c1Br)C1CCCCCCC1. The second-order valence-corrected chi connectivity index (χ2v) is 6.71. The van der Waals surface area contributed by atoms with Crippen LogP contribution in [0.25, 0.3) is 0 Å². The number of halogens is 2. The third-order valence-corrected chi connectivity index (χ3v) is 5.45. The Kier molecular flexibility index (Phi) is 6.50. The summed E-state index contributed by atoms with van der Waals surface area (Å²) in [5, 5.41) is 3.47. The maximum Gasteiger partial charge on any atom is 0.137 e. The van der Waals surface area contributed by atoms with E-state index in [1.165, 1.54) is 51.0 Å². The first kappa shape index (κ1) is 16.0. The number of likely N-dealkylation sites (N-methyl/N-ethyl adjacent to an activating group) is 1. The Hall–Kier alpha value is -0.410. The van der Waals surface area contributed by atoms with Gasteiger partial charge in [0.2, 0.25) is 0 Å². The molecule has 1 aromatic rings. The average molecular weight is 342 g/mol. The van der Waals surface area contributed by atoms with Gasteiger partial charge in [-0.1, -0.05) is 44.2 Å². The van der Waals surface area contributed by atoms with Crippen LogP contribution < -0.4 is 5.32 Å². The molecule has 0 aliphatic heterocycles. The van der Waals surface area contributed by atoms with Gasteiger partial charge in [0.25, 0.3) is 0 Å². The van der Waals surface area contributed by atoms with Gasteiger partial charge in [0.15, 0.2) is 0 Å². The molecule has 1 saturated carbocycles. The van der Waals surface area contributed by atoms with Crippen LogP contribution in [0.15, 0.2) is 22.7 Å². The third-order valence-electron chi connectivity index (χ3n) is 4.56. The molecule has 0 aromatic heterocycles. The first-order valence-corrected chi connectivity index (χ1v) is 8.62. The zero-order valence-corrected chi connectivity index (χ0v) is 13.9. The highest BCUT2D eigenvalue weighted by Crippen LogP contribution is 2.28. The van der Waals surface area contributed by atoms with Crippen LogP contribution in [-0.2, 0) is 6.42 Å². The molecule has 1 atom stereocenters. The predicted molar refractivity (Wildman–Crippen MR) is 86.5 cm³/mol. The van der Waals surface area contributed by atoms with E-state index in [1.54, 1.807) is 6.07 Å². The van der Waals surface area contributed by atoms with Gasteiger partial charge in [0.1, 0.15) is 5.82 Å². The van der Waals surface area contributed by atoms with Crippen LogP contribution in [0.2, 0.25) is 0 Å². The summed E-state index contributed by atoms with van der Waals surface area (Å²) < 4.78 is 14.3. The smallest absolute Gasteiger partial charge is 0.137 e. The Bertz CT molecular complexity index is 413. The van der Waals surface area contributed by atoms with E-state index in [0.717, 1.165) is 17.9 Å². The average Bonchev–Trinajstić information content (AvgIpc) is 2.41. The molecule has 112 valence electrons. The van der Waals surface area contributed by atoms with E-state index >= 15 is 0 Å². The van der Waals surface area contributed by atoms with Gasteiger partial charge in [-0.15, -0.1) is 0 Å². The second-order valence-electron chi connectivity index (χ2n) is 5.92. The Morgan fingerprint density at radius 3 is 2.50 bits per heavy atom. The fraction of sp³-hybridized carbons (Fsp3) is 0.647. The highest BCUT2D eigenvalue weighted by atomic mass is 79.9. The highest BCUT2D eigenvalue weighted by molar-refractivity contribution is 9.10. The number of rotatable bonds is 4. The van der Waals surface area contributed by atoms with Crippen LogP contribution in [0.4, 0.5) is 4.39 Å². The summed E-state index contributed by atoms with van der Waals surface area (Å²) in [7, 11) is 2.04. The molecule has 0 radical (unpaired) electrons. The summed E-state index contributed by atoms with van der Waals surface area (Å²) in [6.07, 6.45) is 10.3. The van der Waals surface area contributed by atoms with Crippen molar-refractivity contribution in [1.29, 1.82) is 0 Å². The zero-order valence-electron chi connectivity index (χ0n) is 12.3. The molecule has 1 fully saturated rings. The normalized spacial score (nSPS) is 19.4. The molecule has 0 heterocycles. The van der Waals surface area contributed by atoms with Gasteiger partial charge in [-0.2, -0.15) is 0 Å². The van der Waals surface area contributed by atoms with E-state index in [-0.39, 0.29) is 5.82 Å². The van der Waals surface area contributed by atoms with Crippen LogP contribution in [-0.4, -0.2) is 13.1 Å². The minimum Gasteiger partial charge on any atom is -0.316 e. The lowest BCUT2D eigenvalue weighted by Crippen LogP contribution is -2.36. The molecule has 0 spiro atoms. The lowest BCUT2D eigenvalue weighted by Gasteiger charge is -2.29. The van der Waals surface area contributed by atoms with Gasteiger partial charge in [0, 0.05) is 6.04 Å². The minimum atomic E-state index is -0.157. The summed E-state index contributed by atoms with van der Waals surface area (Å²) in [6.45, 7) is 0. The summed E-state index contributed by atoms with van der Waals surface area (Å²) in [4.78, 5) is 0. The van der Waals surface area contributed by atoms with Crippen molar-refractivity contribution in [2.24, 2.45) is 5.92 Å². The van der Waals surface area contributed by atoms with Crippen molar-refractivity contribution in [3.05, 3.63) is 34.1 Å². The fourth-order valence-electron chi connectivity index (χ4n) is 3.34. The molecule has 1 unspecified atom stereocenters. The van der Waals surface area contributed by atoms with E-state index < -0.39 is 0 Å². The van der Waals surface area contributed by atoms with Crippen molar-refractivity contribution in [3.63, 3.8) is 0 Å². The van der Waals surface area contributed by atoms with E-state index in [2.05, 4.69) is 21.2 Å². The van der Waals surface area contributed by atoms with Crippen molar-refractivity contribution in [1.82, 2.24) is 5.32 Å². The Morgan fingerprint density at radius 1 is 1.20 bits per heavy atom. The van der Waals surface area contributed by atoms with Gasteiger partial charge in [-0.05, 0) is 59.8 Å². The molecule has 20 heavy (non-hydrogen) atoms. The van der Waals surface area contributed by atoms with Crippen LogP contribution >= 0.6 is 15.9 Å². The van der Waals surface area contributed by atoms with Gasteiger partial charge in [0.05, 0.1) is 4.47 Å². The van der Waals surface area contributed by atoms with Crippen molar-refractivity contribution in [2.45, 2.75) is 57.4 Å². The molecule has 0 saturated heterocycles. The summed E-state index contributed by atoms with van der Waals surface area (Å²) in [6, 6.07) is 5.80. The molecule has 0 bridgehead atoms. The zero-order chi connectivity index (χ0) is 14.4.